The molecule has 0 aliphatic heterocycles. The topological polar surface area (TPSA) is 144 Å². The van der Waals surface area contributed by atoms with E-state index in [4.69, 9.17) is 5.26 Å². The fourth-order valence-electron chi connectivity index (χ4n) is 3.70. The Labute approximate surface area is 207 Å². The van der Waals surface area contributed by atoms with Crippen LogP contribution < -0.4 is 5.32 Å². The van der Waals surface area contributed by atoms with Gasteiger partial charge in [0.15, 0.2) is 21.3 Å². The monoisotopic (exact) mass is 499 g/mol. The molecule has 4 heterocycles. The molecule has 12 heteroatoms. The second kappa shape index (κ2) is 9.20. The number of nitrogens with one attached hydrogen (secondary N) is 1. The van der Waals surface area contributed by atoms with Gasteiger partial charge < -0.3 is 5.32 Å². The maximum atomic E-state index is 12.7. The summed E-state index contributed by atoms with van der Waals surface area (Å²) in [4.78, 5) is 9.12. The largest absolute Gasteiger partial charge is 0.381 e. The van der Waals surface area contributed by atoms with Gasteiger partial charge in [-0.2, -0.15) is 15.0 Å². The summed E-state index contributed by atoms with van der Waals surface area (Å²) >= 11 is 0. The molecule has 0 amide bonds. The number of hydrogen-bond donors (Lipinski definition) is 1. The van der Waals surface area contributed by atoms with Crippen LogP contribution in [-0.4, -0.2) is 49.2 Å². The van der Waals surface area contributed by atoms with Crippen molar-refractivity contribution in [2.75, 3.05) is 5.32 Å². The second-order valence-corrected chi connectivity index (χ2v) is 10.4. The van der Waals surface area contributed by atoms with Crippen LogP contribution in [0.2, 0.25) is 0 Å². The maximum absolute atomic E-state index is 12.7. The first kappa shape index (κ1) is 23.1. The van der Waals surface area contributed by atoms with E-state index in [1.165, 1.54) is 10.9 Å². The summed E-state index contributed by atoms with van der Waals surface area (Å²) in [6.07, 6.45) is 6.31. The van der Waals surface area contributed by atoms with Crippen molar-refractivity contribution in [3.05, 3.63) is 78.5 Å². The summed E-state index contributed by atoms with van der Waals surface area (Å²) in [6, 6.07) is 13.9. The number of fused-ring (bicyclic) bond motifs is 1. The van der Waals surface area contributed by atoms with E-state index in [9.17, 15) is 8.42 Å². The Morgan fingerprint density at radius 2 is 1.89 bits per heavy atom. The Morgan fingerprint density at radius 1 is 1.08 bits per heavy atom. The number of anilines is 1. The fraction of sp³-hybridized carbons (Fsp3) is 0.167. The Bertz CT molecular complexity index is 1700. The summed E-state index contributed by atoms with van der Waals surface area (Å²) in [7, 11) is -3.56. The van der Waals surface area contributed by atoms with Crippen LogP contribution in [0.15, 0.2) is 72.1 Å². The van der Waals surface area contributed by atoms with Gasteiger partial charge in [-0.1, -0.05) is 23.4 Å². The van der Waals surface area contributed by atoms with Crippen LogP contribution in [0.3, 0.4) is 0 Å². The van der Waals surface area contributed by atoms with Crippen molar-refractivity contribution in [3.8, 4) is 17.6 Å². The molecule has 36 heavy (non-hydrogen) atoms. The number of benzene rings is 1. The van der Waals surface area contributed by atoms with E-state index in [1.807, 2.05) is 19.9 Å². The molecule has 1 N–H and O–H groups in total. The Kier molecular flexibility index (Phi) is 5.91. The highest BCUT2D eigenvalue weighted by molar-refractivity contribution is 7.90. The normalized spacial score (nSPS) is 11.6. The highest BCUT2D eigenvalue weighted by Gasteiger charge is 2.19. The van der Waals surface area contributed by atoms with Crippen molar-refractivity contribution >= 4 is 26.6 Å². The average molecular weight is 500 g/mol. The minimum Gasteiger partial charge on any atom is -0.381 e. The number of aromatic nitrogens is 7. The van der Waals surface area contributed by atoms with E-state index < -0.39 is 9.84 Å². The summed E-state index contributed by atoms with van der Waals surface area (Å²) in [5.74, 6) is 0.242. The summed E-state index contributed by atoms with van der Waals surface area (Å²) < 4.78 is 28.6. The molecule has 0 atom stereocenters. The maximum Gasteiger partial charge on any atom is 0.184 e. The number of pyridine rings is 2. The third-order valence-electron chi connectivity index (χ3n) is 5.29. The highest BCUT2D eigenvalue weighted by Crippen LogP contribution is 2.25. The number of hydrogen-bond acceptors (Lipinski definition) is 9. The van der Waals surface area contributed by atoms with E-state index in [2.05, 4.69) is 36.8 Å². The molecule has 11 nitrogen and oxygen atoms in total. The van der Waals surface area contributed by atoms with Crippen LogP contribution >= 0.6 is 0 Å². The first-order chi connectivity index (χ1) is 17.3. The Hall–Kier alpha value is -4.63. The molecule has 0 bridgehead atoms. The molecule has 0 radical (unpaired) electrons. The van der Waals surface area contributed by atoms with Gasteiger partial charge in [-0.15, -0.1) is 5.10 Å². The molecule has 4 aromatic heterocycles. The minimum absolute atomic E-state index is 0.0890. The molecular formula is C24H21N9O2S. The lowest BCUT2D eigenvalue weighted by atomic mass is 10.2. The smallest absolute Gasteiger partial charge is 0.184 e. The van der Waals surface area contributed by atoms with Gasteiger partial charge in [0.2, 0.25) is 0 Å². The molecule has 1 aromatic carbocycles. The molecule has 5 rings (SSSR count). The van der Waals surface area contributed by atoms with E-state index in [0.717, 1.165) is 5.39 Å². The third-order valence-corrected chi connectivity index (χ3v) is 6.96. The van der Waals surface area contributed by atoms with Crippen LogP contribution in [0.4, 0.5) is 5.69 Å². The molecule has 0 spiro atoms. The van der Waals surface area contributed by atoms with E-state index in [1.54, 1.807) is 59.7 Å². The zero-order chi connectivity index (χ0) is 25.3. The standard InChI is InChI=1S/C24H21N9O2S/c1-16(2)29-21-9-23(33-24-18(12-28-33)8-17(10-25)11-27-24)26-13-22(21)32-14-19(30-31-32)15-36(34,35)20-6-4-3-5-7-20/h3-9,11-14,16H,15H2,1-2H3,(H,26,29). The van der Waals surface area contributed by atoms with Crippen molar-refractivity contribution in [2.24, 2.45) is 0 Å². The zero-order valence-corrected chi connectivity index (χ0v) is 20.3. The number of nitrogens with zero attached hydrogens (tertiary/aromatic N) is 8. The van der Waals surface area contributed by atoms with Gasteiger partial charge in [-0.05, 0) is 32.0 Å². The van der Waals surface area contributed by atoms with Crippen molar-refractivity contribution in [3.63, 3.8) is 0 Å². The Balaban J connectivity index is 1.50. The van der Waals surface area contributed by atoms with E-state index >= 15 is 0 Å². The lowest BCUT2D eigenvalue weighted by molar-refractivity contribution is 0.594. The van der Waals surface area contributed by atoms with Gasteiger partial charge in [0.05, 0.1) is 40.4 Å². The van der Waals surface area contributed by atoms with Crippen LogP contribution in [0.5, 0.6) is 0 Å². The molecule has 0 unspecified atom stereocenters. The Morgan fingerprint density at radius 3 is 2.64 bits per heavy atom. The molecule has 0 aliphatic rings. The van der Waals surface area contributed by atoms with Crippen molar-refractivity contribution in [2.45, 2.75) is 30.5 Å². The highest BCUT2D eigenvalue weighted by atomic mass is 32.2. The van der Waals surface area contributed by atoms with Gasteiger partial charge in [0.25, 0.3) is 0 Å². The van der Waals surface area contributed by atoms with Crippen molar-refractivity contribution in [1.29, 1.82) is 5.26 Å². The predicted molar refractivity (Wildman–Crippen MR) is 132 cm³/mol. The molecule has 5 aromatic rings. The lowest BCUT2D eigenvalue weighted by Crippen LogP contribution is -2.14. The summed E-state index contributed by atoms with van der Waals surface area (Å²) in [5.41, 5.74) is 2.63. The number of nitriles is 1. The summed E-state index contributed by atoms with van der Waals surface area (Å²) in [6.45, 7) is 3.99. The fourth-order valence-corrected chi connectivity index (χ4v) is 4.96. The second-order valence-electron chi connectivity index (χ2n) is 8.39. The molecule has 180 valence electrons. The van der Waals surface area contributed by atoms with Crippen molar-refractivity contribution < 1.29 is 8.42 Å². The molecule has 0 fully saturated rings. The molecular weight excluding hydrogens is 478 g/mol. The quantitative estimate of drug-likeness (QED) is 0.357. The molecule has 0 saturated heterocycles. The van der Waals surface area contributed by atoms with Gasteiger partial charge in [0.1, 0.15) is 17.5 Å². The van der Waals surface area contributed by atoms with Crippen molar-refractivity contribution in [1.82, 2.24) is 34.7 Å². The molecule has 0 saturated carbocycles. The van der Waals surface area contributed by atoms with E-state index in [-0.39, 0.29) is 16.7 Å². The van der Waals surface area contributed by atoms with Crippen LogP contribution in [0.1, 0.15) is 25.1 Å². The zero-order valence-electron chi connectivity index (χ0n) is 19.4. The van der Waals surface area contributed by atoms with Gasteiger partial charge in [0, 0.05) is 23.7 Å². The summed E-state index contributed by atoms with van der Waals surface area (Å²) in [5, 5.41) is 25.8. The minimum atomic E-state index is -3.56. The number of sulfone groups is 1. The third kappa shape index (κ3) is 4.51. The average Bonchev–Trinajstić information content (AvgIpc) is 3.50. The van der Waals surface area contributed by atoms with Crippen LogP contribution in [0.25, 0.3) is 22.5 Å². The van der Waals surface area contributed by atoms with Gasteiger partial charge >= 0.3 is 0 Å². The molecule has 0 aliphatic carbocycles. The first-order valence-corrected chi connectivity index (χ1v) is 12.7. The SMILES string of the molecule is CC(C)Nc1cc(-n2ncc3cc(C#N)cnc32)ncc1-n1cc(CS(=O)(=O)c2ccccc2)nn1. The van der Waals surface area contributed by atoms with Gasteiger partial charge in [-0.3, -0.25) is 0 Å². The predicted octanol–water partition coefficient (Wildman–Crippen LogP) is 3.06. The van der Waals surface area contributed by atoms with Crippen LogP contribution in [-0.2, 0) is 15.6 Å². The van der Waals surface area contributed by atoms with E-state index in [0.29, 0.717) is 34.1 Å². The number of rotatable bonds is 7. The van der Waals surface area contributed by atoms with Crippen LogP contribution in [0, 0.1) is 11.3 Å². The lowest BCUT2D eigenvalue weighted by Gasteiger charge is -2.15. The first-order valence-electron chi connectivity index (χ1n) is 11.0. The van der Waals surface area contributed by atoms with Gasteiger partial charge in [-0.25, -0.2) is 23.1 Å².